The number of hydrogen-bond acceptors (Lipinski definition) is 7. The van der Waals surface area contributed by atoms with Crippen LogP contribution in [0.15, 0.2) is 23.6 Å². The van der Waals surface area contributed by atoms with Crippen molar-refractivity contribution in [3.05, 3.63) is 45.4 Å². The summed E-state index contributed by atoms with van der Waals surface area (Å²) in [6.45, 7) is 9.63. The lowest BCUT2D eigenvalue weighted by molar-refractivity contribution is 0.0383. The van der Waals surface area contributed by atoms with E-state index < -0.39 is 0 Å². The molecule has 10 heteroatoms. The number of benzene rings is 1. The Morgan fingerprint density at radius 1 is 1.24 bits per heavy atom. The summed E-state index contributed by atoms with van der Waals surface area (Å²) < 4.78 is 10.5. The lowest BCUT2D eigenvalue weighted by Gasteiger charge is -2.26. The fourth-order valence-electron chi connectivity index (χ4n) is 3.55. The van der Waals surface area contributed by atoms with E-state index >= 15 is 0 Å². The van der Waals surface area contributed by atoms with Crippen molar-refractivity contribution in [2.24, 2.45) is 0 Å². The normalized spacial score (nSPS) is 14.2. The molecule has 33 heavy (non-hydrogen) atoms. The molecule has 0 saturated carbocycles. The molecule has 1 fully saturated rings. The van der Waals surface area contributed by atoms with Crippen molar-refractivity contribution in [1.82, 2.24) is 20.1 Å². The maximum atomic E-state index is 13.0. The van der Waals surface area contributed by atoms with Gasteiger partial charge in [0.05, 0.1) is 26.4 Å². The molecule has 0 bridgehead atoms. The Morgan fingerprint density at radius 2 is 1.97 bits per heavy atom. The van der Waals surface area contributed by atoms with Crippen LogP contribution in [-0.2, 0) is 16.0 Å². The smallest absolute Gasteiger partial charge is 0.322 e. The van der Waals surface area contributed by atoms with Gasteiger partial charge in [-0.15, -0.1) is 11.3 Å². The number of nitrogens with one attached hydrogen (secondary N) is 2. The zero-order valence-corrected chi connectivity index (χ0v) is 20.4. The van der Waals surface area contributed by atoms with Gasteiger partial charge in [-0.05, 0) is 25.0 Å². The lowest BCUT2D eigenvalue weighted by Crippen LogP contribution is -2.41. The second-order valence-corrected chi connectivity index (χ2v) is 8.89. The van der Waals surface area contributed by atoms with Gasteiger partial charge < -0.3 is 25.0 Å². The standard InChI is InChI=1S/C23H33N5O4S/c1-17-5-4-6-18(2)21(17)26-23(30)28(11-12-31-3)15-20-25-19(16-33-20)22(29)24-7-8-27-9-13-32-14-10-27/h4-6,16H,7-15H2,1-3H3,(H,24,29)(H,26,30). The summed E-state index contributed by atoms with van der Waals surface area (Å²) in [5.41, 5.74) is 3.18. The van der Waals surface area contributed by atoms with Crippen molar-refractivity contribution < 1.29 is 19.1 Å². The molecule has 3 amide bonds. The van der Waals surface area contributed by atoms with E-state index in [9.17, 15) is 9.59 Å². The molecule has 2 N–H and O–H groups in total. The number of aryl methyl sites for hydroxylation is 2. The molecule has 2 aromatic rings. The average molecular weight is 476 g/mol. The van der Waals surface area contributed by atoms with Crippen LogP contribution in [-0.4, -0.2) is 86.4 Å². The molecule has 1 aliphatic rings. The maximum Gasteiger partial charge on any atom is 0.322 e. The minimum Gasteiger partial charge on any atom is -0.383 e. The van der Waals surface area contributed by atoms with E-state index in [2.05, 4.69) is 20.5 Å². The van der Waals surface area contributed by atoms with Gasteiger partial charge in [-0.1, -0.05) is 18.2 Å². The summed E-state index contributed by atoms with van der Waals surface area (Å²) in [5, 5.41) is 8.37. The molecular weight excluding hydrogens is 442 g/mol. The Morgan fingerprint density at radius 3 is 2.67 bits per heavy atom. The van der Waals surface area contributed by atoms with Crippen molar-refractivity contribution in [3.8, 4) is 0 Å². The summed E-state index contributed by atoms with van der Waals surface area (Å²) >= 11 is 1.37. The van der Waals surface area contributed by atoms with E-state index in [1.165, 1.54) is 11.3 Å². The largest absolute Gasteiger partial charge is 0.383 e. The minimum absolute atomic E-state index is 0.200. The van der Waals surface area contributed by atoms with Gasteiger partial charge in [-0.25, -0.2) is 9.78 Å². The van der Waals surface area contributed by atoms with Gasteiger partial charge in [0, 0.05) is 50.9 Å². The molecule has 2 heterocycles. The SMILES string of the molecule is COCCN(Cc1nc(C(=O)NCCN2CCOCC2)cs1)C(=O)Nc1c(C)cccc1C. The van der Waals surface area contributed by atoms with Gasteiger partial charge in [0.2, 0.25) is 0 Å². The molecule has 0 aliphatic carbocycles. The summed E-state index contributed by atoms with van der Waals surface area (Å²) in [5.74, 6) is -0.200. The number of morpholine rings is 1. The third kappa shape index (κ3) is 7.50. The highest BCUT2D eigenvalue weighted by Gasteiger charge is 2.19. The van der Waals surface area contributed by atoms with Crippen LogP contribution in [0, 0.1) is 13.8 Å². The van der Waals surface area contributed by atoms with E-state index in [0.717, 1.165) is 49.7 Å². The third-order valence-corrected chi connectivity index (χ3v) is 6.33. The second-order valence-electron chi connectivity index (χ2n) is 7.95. The van der Waals surface area contributed by atoms with Gasteiger partial charge in [0.1, 0.15) is 10.7 Å². The summed E-state index contributed by atoms with van der Waals surface area (Å²) in [6.07, 6.45) is 0. The Kier molecular flexibility index (Phi) is 9.61. The number of carbonyl (C=O) groups is 2. The number of hydrogen-bond donors (Lipinski definition) is 2. The van der Waals surface area contributed by atoms with E-state index in [0.29, 0.717) is 36.9 Å². The number of methoxy groups -OCH3 is 1. The van der Waals surface area contributed by atoms with Crippen LogP contribution in [0.3, 0.4) is 0 Å². The van der Waals surface area contributed by atoms with Gasteiger partial charge >= 0.3 is 6.03 Å². The number of nitrogens with zero attached hydrogens (tertiary/aromatic N) is 3. The van der Waals surface area contributed by atoms with Crippen LogP contribution in [0.2, 0.25) is 0 Å². The summed E-state index contributed by atoms with van der Waals surface area (Å²) in [4.78, 5) is 33.9. The number of rotatable bonds is 10. The number of urea groups is 1. The summed E-state index contributed by atoms with van der Waals surface area (Å²) in [7, 11) is 1.60. The zero-order chi connectivity index (χ0) is 23.6. The predicted molar refractivity (Wildman–Crippen MR) is 129 cm³/mol. The topological polar surface area (TPSA) is 96.0 Å². The van der Waals surface area contributed by atoms with Crippen molar-refractivity contribution in [3.63, 3.8) is 0 Å². The molecule has 1 aliphatic heterocycles. The molecule has 0 unspecified atom stereocenters. The molecule has 0 atom stereocenters. The maximum absolute atomic E-state index is 13.0. The molecule has 0 radical (unpaired) electrons. The third-order valence-electron chi connectivity index (χ3n) is 5.49. The Balaban J connectivity index is 1.56. The highest BCUT2D eigenvalue weighted by Crippen LogP contribution is 2.21. The molecule has 1 aromatic carbocycles. The monoisotopic (exact) mass is 475 g/mol. The Hall–Kier alpha value is -2.53. The van der Waals surface area contributed by atoms with Gasteiger partial charge in [0.25, 0.3) is 5.91 Å². The number of para-hydroxylation sites is 1. The van der Waals surface area contributed by atoms with Crippen LogP contribution in [0.1, 0.15) is 26.6 Å². The number of aromatic nitrogens is 1. The molecular formula is C23H33N5O4S. The van der Waals surface area contributed by atoms with Crippen LogP contribution >= 0.6 is 11.3 Å². The van der Waals surface area contributed by atoms with Crippen molar-refractivity contribution in [1.29, 1.82) is 0 Å². The fraction of sp³-hybridized carbons (Fsp3) is 0.522. The Labute approximate surface area is 199 Å². The first kappa shape index (κ1) is 25.1. The highest BCUT2D eigenvalue weighted by molar-refractivity contribution is 7.09. The highest BCUT2D eigenvalue weighted by atomic mass is 32.1. The van der Waals surface area contributed by atoms with E-state index in [1.54, 1.807) is 17.4 Å². The van der Waals surface area contributed by atoms with Crippen LogP contribution in [0.5, 0.6) is 0 Å². The van der Waals surface area contributed by atoms with E-state index in [4.69, 9.17) is 9.47 Å². The first-order valence-electron chi connectivity index (χ1n) is 11.1. The van der Waals surface area contributed by atoms with Crippen molar-refractivity contribution in [2.75, 3.05) is 65.0 Å². The van der Waals surface area contributed by atoms with E-state index in [1.807, 2.05) is 32.0 Å². The fourth-order valence-corrected chi connectivity index (χ4v) is 4.33. The van der Waals surface area contributed by atoms with Gasteiger partial charge in [0.15, 0.2) is 0 Å². The first-order chi connectivity index (χ1) is 16.0. The average Bonchev–Trinajstić information content (AvgIpc) is 3.28. The molecule has 9 nitrogen and oxygen atoms in total. The number of carbonyl (C=O) groups excluding carboxylic acids is 2. The molecule has 1 aromatic heterocycles. The second kappa shape index (κ2) is 12.6. The van der Waals surface area contributed by atoms with Crippen LogP contribution < -0.4 is 10.6 Å². The predicted octanol–water partition coefficient (Wildman–Crippen LogP) is 2.50. The van der Waals surface area contributed by atoms with Gasteiger partial charge in [-0.3, -0.25) is 9.69 Å². The van der Waals surface area contributed by atoms with Crippen LogP contribution in [0.25, 0.3) is 0 Å². The van der Waals surface area contributed by atoms with Crippen molar-refractivity contribution >= 4 is 29.0 Å². The van der Waals surface area contributed by atoms with Crippen molar-refractivity contribution in [2.45, 2.75) is 20.4 Å². The Bertz CT molecular complexity index is 909. The first-order valence-corrected chi connectivity index (χ1v) is 12.0. The zero-order valence-electron chi connectivity index (χ0n) is 19.6. The lowest BCUT2D eigenvalue weighted by atomic mass is 10.1. The number of amides is 3. The number of thiazole rings is 1. The number of ether oxygens (including phenoxy) is 2. The molecule has 0 spiro atoms. The van der Waals surface area contributed by atoms with Crippen LogP contribution in [0.4, 0.5) is 10.5 Å². The molecule has 180 valence electrons. The summed E-state index contributed by atoms with van der Waals surface area (Å²) in [6, 6.07) is 5.67. The number of anilines is 1. The van der Waals surface area contributed by atoms with E-state index in [-0.39, 0.29) is 11.9 Å². The quantitative estimate of drug-likeness (QED) is 0.548. The molecule has 1 saturated heterocycles. The van der Waals surface area contributed by atoms with Gasteiger partial charge in [-0.2, -0.15) is 0 Å². The minimum atomic E-state index is -0.226. The molecule has 3 rings (SSSR count).